The number of nitrogens with zero attached hydrogens (tertiary/aromatic N) is 1. The largest absolute Gasteiger partial charge is 0.304 e. The lowest BCUT2D eigenvalue weighted by Crippen LogP contribution is -2.36. The lowest BCUT2D eigenvalue weighted by molar-refractivity contribution is -0.114. The standard InChI is InChI=1S/C14H14BrNO2/c1-9-3-2-4-10-11(9)16(13(18)12(10)17)8-14(7-15)5-6-14/h2-4H,5-8H2,1H3. The number of amides is 1. The maximum atomic E-state index is 12.1. The Labute approximate surface area is 114 Å². The normalized spacial score (nSPS) is 20.2. The molecule has 1 fully saturated rings. The van der Waals surface area contributed by atoms with E-state index in [-0.39, 0.29) is 17.1 Å². The summed E-state index contributed by atoms with van der Waals surface area (Å²) in [6.07, 6.45) is 2.24. The van der Waals surface area contributed by atoms with Crippen molar-refractivity contribution in [2.45, 2.75) is 19.8 Å². The van der Waals surface area contributed by atoms with E-state index in [4.69, 9.17) is 0 Å². The third kappa shape index (κ3) is 1.62. The van der Waals surface area contributed by atoms with E-state index in [1.54, 1.807) is 11.0 Å². The molecule has 3 rings (SSSR count). The molecule has 1 heterocycles. The summed E-state index contributed by atoms with van der Waals surface area (Å²) in [4.78, 5) is 25.7. The van der Waals surface area contributed by atoms with E-state index in [9.17, 15) is 9.59 Å². The second-order valence-corrected chi connectivity index (χ2v) is 5.89. The molecule has 0 aromatic heterocycles. The number of rotatable bonds is 3. The zero-order valence-electron chi connectivity index (χ0n) is 10.2. The van der Waals surface area contributed by atoms with E-state index in [0.29, 0.717) is 12.1 Å². The van der Waals surface area contributed by atoms with Crippen LogP contribution in [0.3, 0.4) is 0 Å². The van der Waals surface area contributed by atoms with Crippen LogP contribution in [0, 0.1) is 12.3 Å². The Balaban J connectivity index is 2.02. The molecule has 1 amide bonds. The molecule has 0 radical (unpaired) electrons. The average molecular weight is 308 g/mol. The quantitative estimate of drug-likeness (QED) is 0.636. The summed E-state index contributed by atoms with van der Waals surface area (Å²) in [5.41, 5.74) is 2.56. The van der Waals surface area contributed by atoms with Gasteiger partial charge in [-0.15, -0.1) is 0 Å². The van der Waals surface area contributed by atoms with Crippen LogP contribution in [0.2, 0.25) is 0 Å². The number of carbonyl (C=O) groups excluding carboxylic acids is 2. The minimum Gasteiger partial charge on any atom is -0.304 e. The summed E-state index contributed by atoms with van der Waals surface area (Å²) in [5, 5.41) is 0.888. The number of anilines is 1. The van der Waals surface area contributed by atoms with Gasteiger partial charge in [0.2, 0.25) is 0 Å². The molecule has 0 unspecified atom stereocenters. The van der Waals surface area contributed by atoms with E-state index in [1.165, 1.54) is 0 Å². The molecule has 1 saturated carbocycles. The fourth-order valence-electron chi connectivity index (χ4n) is 2.54. The highest BCUT2D eigenvalue weighted by Crippen LogP contribution is 2.49. The SMILES string of the molecule is Cc1cccc2c1N(CC1(CBr)CC1)C(=O)C2=O. The Morgan fingerprint density at radius 2 is 2.06 bits per heavy atom. The molecule has 0 N–H and O–H groups in total. The number of para-hydroxylation sites is 1. The molecule has 1 aliphatic heterocycles. The van der Waals surface area contributed by atoms with Crippen LogP contribution in [0.4, 0.5) is 5.69 Å². The van der Waals surface area contributed by atoms with E-state index in [1.807, 2.05) is 19.1 Å². The molecule has 1 aliphatic carbocycles. The number of hydrogen-bond donors (Lipinski definition) is 0. The number of Topliss-reactive ketones (excluding diaryl/α,β-unsaturated/α-hetero) is 1. The number of halogens is 1. The zero-order chi connectivity index (χ0) is 12.9. The van der Waals surface area contributed by atoms with E-state index < -0.39 is 0 Å². The van der Waals surface area contributed by atoms with Gasteiger partial charge in [0, 0.05) is 11.9 Å². The number of hydrogen-bond acceptors (Lipinski definition) is 2. The van der Waals surface area contributed by atoms with Crippen molar-refractivity contribution in [3.63, 3.8) is 0 Å². The predicted molar refractivity (Wildman–Crippen MR) is 73.3 cm³/mol. The number of alkyl halides is 1. The van der Waals surface area contributed by atoms with Crippen molar-refractivity contribution < 1.29 is 9.59 Å². The maximum absolute atomic E-state index is 12.1. The lowest BCUT2D eigenvalue weighted by atomic mass is 10.1. The molecule has 0 spiro atoms. The van der Waals surface area contributed by atoms with Gasteiger partial charge in [0.25, 0.3) is 11.7 Å². The van der Waals surface area contributed by atoms with Crippen molar-refractivity contribution in [3.8, 4) is 0 Å². The fourth-order valence-corrected chi connectivity index (χ4v) is 3.27. The summed E-state index contributed by atoms with van der Waals surface area (Å²) >= 11 is 3.51. The smallest absolute Gasteiger partial charge is 0.299 e. The van der Waals surface area contributed by atoms with E-state index >= 15 is 0 Å². The average Bonchev–Trinajstić information content (AvgIpc) is 3.10. The monoisotopic (exact) mass is 307 g/mol. The third-order valence-electron chi connectivity index (χ3n) is 3.93. The molecule has 1 aromatic carbocycles. The predicted octanol–water partition coefficient (Wildman–Crippen LogP) is 2.70. The van der Waals surface area contributed by atoms with Crippen molar-refractivity contribution >= 4 is 33.3 Å². The Hall–Kier alpha value is -1.16. The molecule has 0 saturated heterocycles. The van der Waals surface area contributed by atoms with Crippen molar-refractivity contribution in [2.75, 3.05) is 16.8 Å². The van der Waals surface area contributed by atoms with Crippen LogP contribution in [0.5, 0.6) is 0 Å². The molecule has 0 bridgehead atoms. The van der Waals surface area contributed by atoms with Gasteiger partial charge in [-0.2, -0.15) is 0 Å². The number of ketones is 1. The van der Waals surface area contributed by atoms with Crippen LogP contribution in [0.15, 0.2) is 18.2 Å². The first-order chi connectivity index (χ1) is 8.58. The van der Waals surface area contributed by atoms with Crippen molar-refractivity contribution in [1.29, 1.82) is 0 Å². The minimum atomic E-state index is -0.369. The molecule has 1 aromatic rings. The summed E-state index contributed by atoms with van der Waals surface area (Å²) in [6.45, 7) is 2.60. The van der Waals surface area contributed by atoms with Crippen molar-refractivity contribution in [3.05, 3.63) is 29.3 Å². The van der Waals surface area contributed by atoms with Gasteiger partial charge in [-0.1, -0.05) is 28.1 Å². The van der Waals surface area contributed by atoms with Gasteiger partial charge >= 0.3 is 0 Å². The van der Waals surface area contributed by atoms with Gasteiger partial charge in [-0.05, 0) is 36.8 Å². The topological polar surface area (TPSA) is 37.4 Å². The van der Waals surface area contributed by atoms with Gasteiger partial charge in [0.05, 0.1) is 11.3 Å². The fraction of sp³-hybridized carbons (Fsp3) is 0.429. The first kappa shape index (κ1) is 11.9. The van der Waals surface area contributed by atoms with Crippen LogP contribution in [0.1, 0.15) is 28.8 Å². The molecular formula is C14H14BrNO2. The van der Waals surface area contributed by atoms with Gasteiger partial charge < -0.3 is 4.90 Å². The second-order valence-electron chi connectivity index (χ2n) is 5.33. The van der Waals surface area contributed by atoms with Crippen molar-refractivity contribution in [2.24, 2.45) is 5.41 Å². The summed E-state index contributed by atoms with van der Waals surface area (Å²) in [7, 11) is 0. The minimum absolute atomic E-state index is 0.180. The second kappa shape index (κ2) is 3.92. The Kier molecular flexibility index (Phi) is 2.59. The van der Waals surface area contributed by atoms with Gasteiger partial charge in [0.15, 0.2) is 0 Å². The van der Waals surface area contributed by atoms with Crippen LogP contribution in [-0.2, 0) is 4.79 Å². The first-order valence-electron chi connectivity index (χ1n) is 6.10. The van der Waals surface area contributed by atoms with Gasteiger partial charge in [0.1, 0.15) is 0 Å². The molecule has 94 valence electrons. The number of benzene rings is 1. The van der Waals surface area contributed by atoms with Crippen LogP contribution < -0.4 is 4.90 Å². The third-order valence-corrected chi connectivity index (χ3v) is 5.12. The molecule has 0 atom stereocenters. The molecule has 18 heavy (non-hydrogen) atoms. The highest BCUT2D eigenvalue weighted by atomic mass is 79.9. The maximum Gasteiger partial charge on any atom is 0.299 e. The molecule has 4 heteroatoms. The highest BCUT2D eigenvalue weighted by molar-refractivity contribution is 9.09. The van der Waals surface area contributed by atoms with Crippen LogP contribution in [0.25, 0.3) is 0 Å². The number of aryl methyl sites for hydroxylation is 1. The summed E-state index contributed by atoms with van der Waals surface area (Å²) < 4.78 is 0. The summed E-state index contributed by atoms with van der Waals surface area (Å²) in [5.74, 6) is -0.731. The summed E-state index contributed by atoms with van der Waals surface area (Å²) in [6, 6.07) is 5.53. The molecule has 2 aliphatic rings. The van der Waals surface area contributed by atoms with Crippen LogP contribution in [-0.4, -0.2) is 23.6 Å². The Bertz CT molecular complexity index is 549. The van der Waals surface area contributed by atoms with E-state index in [2.05, 4.69) is 15.9 Å². The lowest BCUT2D eigenvalue weighted by Gasteiger charge is -2.23. The zero-order valence-corrected chi connectivity index (χ0v) is 11.8. The number of carbonyl (C=O) groups is 2. The van der Waals surface area contributed by atoms with Crippen molar-refractivity contribution in [1.82, 2.24) is 0 Å². The highest BCUT2D eigenvalue weighted by Gasteiger charge is 2.47. The Morgan fingerprint density at radius 3 is 2.67 bits per heavy atom. The van der Waals surface area contributed by atoms with Crippen LogP contribution >= 0.6 is 15.9 Å². The first-order valence-corrected chi connectivity index (χ1v) is 7.22. The van der Waals surface area contributed by atoms with Gasteiger partial charge in [-0.3, -0.25) is 9.59 Å². The van der Waals surface area contributed by atoms with E-state index in [0.717, 1.165) is 29.4 Å². The number of fused-ring (bicyclic) bond motifs is 1. The van der Waals surface area contributed by atoms with Gasteiger partial charge in [-0.25, -0.2) is 0 Å². The molecule has 3 nitrogen and oxygen atoms in total. The molecular weight excluding hydrogens is 294 g/mol. The Morgan fingerprint density at radius 1 is 1.33 bits per heavy atom.